The van der Waals surface area contributed by atoms with Crippen LogP contribution in [0.1, 0.15) is 118 Å². The third-order valence-corrected chi connectivity index (χ3v) is 27.7. The molecule has 36 heavy (non-hydrogen) atoms. The minimum absolute atomic E-state index is 0. The molecule has 0 spiro atoms. The Kier molecular flexibility index (Phi) is 11.2. The van der Waals surface area contributed by atoms with Gasteiger partial charge in [-0.05, 0) is 0 Å². The zero-order valence-corrected chi connectivity index (χ0v) is 28.9. The molecule has 0 heterocycles. The van der Waals surface area contributed by atoms with Gasteiger partial charge in [-0.1, -0.05) is 0 Å². The summed E-state index contributed by atoms with van der Waals surface area (Å²) < 4.78 is 1.50. The van der Waals surface area contributed by atoms with E-state index in [-0.39, 0.29) is 24.8 Å². The van der Waals surface area contributed by atoms with Crippen molar-refractivity contribution < 1.29 is 45.2 Å². The molecule has 0 amide bonds. The summed E-state index contributed by atoms with van der Waals surface area (Å²) in [4.78, 5) is 0. The minimum atomic E-state index is -2.02. The van der Waals surface area contributed by atoms with Crippen LogP contribution in [0, 0.1) is 13.8 Å². The van der Waals surface area contributed by atoms with Crippen LogP contribution < -0.4 is 24.8 Å². The van der Waals surface area contributed by atoms with Gasteiger partial charge < -0.3 is 24.8 Å². The first-order chi connectivity index (χ1) is 16.1. The molecule has 2 aliphatic rings. The predicted molar refractivity (Wildman–Crippen MR) is 150 cm³/mol. The fourth-order valence-corrected chi connectivity index (χ4v) is 27.8. The number of hydrogen-bond donors (Lipinski definition) is 0. The van der Waals surface area contributed by atoms with E-state index in [0.717, 1.165) is 7.25 Å². The standard InChI is InChI=1S/2C15H19.C2H6Si.2ClH.Zr/c2*1-5-12-8-14-11(4)6-7-13(10(2)3)15(14)9-12;1-3-2;;;/h2*6-10H,5H2,1-4H3;1-2H3;2*1H;/q;;;;;+2/p-2. The second-order valence-electron chi connectivity index (χ2n) is 11.4. The van der Waals surface area contributed by atoms with Crippen LogP contribution in [0.25, 0.3) is 12.2 Å². The summed E-state index contributed by atoms with van der Waals surface area (Å²) in [6.45, 7) is 24.4. The number of rotatable bonds is 6. The summed E-state index contributed by atoms with van der Waals surface area (Å²) in [5, 5.41) is 0. The average Bonchev–Trinajstić information content (AvgIpc) is 3.34. The van der Waals surface area contributed by atoms with E-state index in [4.69, 9.17) is 0 Å². The number of hydrogen-bond acceptors (Lipinski definition) is 0. The molecule has 0 N–H and O–H groups in total. The molecule has 0 fully saturated rings. The summed E-state index contributed by atoms with van der Waals surface area (Å²) in [5.74, 6) is 1.16. The second-order valence-corrected chi connectivity index (χ2v) is 29.2. The van der Waals surface area contributed by atoms with Crippen LogP contribution >= 0.6 is 0 Å². The molecule has 2 unspecified atom stereocenters. The number of allylic oxidation sites excluding steroid dienone is 2. The van der Waals surface area contributed by atoms with Crippen molar-refractivity contribution in [1.82, 2.24) is 0 Å². The fraction of sp³-hybridized carbons (Fsp3) is 0.500. The molecule has 0 bridgehead atoms. The predicted octanol–water partition coefficient (Wildman–Crippen LogP) is 3.82. The number of benzene rings is 2. The number of aryl methyl sites for hydroxylation is 2. The van der Waals surface area contributed by atoms with E-state index in [1.165, 1.54) is 12.8 Å². The van der Waals surface area contributed by atoms with Crippen molar-refractivity contribution in [3.05, 3.63) is 79.9 Å². The first kappa shape index (κ1) is 31.8. The molecular weight excluding hydrogens is 575 g/mol. The molecule has 4 rings (SSSR count). The van der Waals surface area contributed by atoms with Crippen molar-refractivity contribution in [2.75, 3.05) is 0 Å². The second kappa shape index (κ2) is 12.6. The molecule has 2 atom stereocenters. The zero-order chi connectivity index (χ0) is 24.9. The normalized spacial score (nSPS) is 17.5. The van der Waals surface area contributed by atoms with E-state index in [1.54, 1.807) is 55.7 Å². The quantitative estimate of drug-likeness (QED) is 0.432. The molecule has 194 valence electrons. The van der Waals surface area contributed by atoms with Gasteiger partial charge in [-0.3, -0.25) is 0 Å². The van der Waals surface area contributed by atoms with Gasteiger partial charge in [0.25, 0.3) is 0 Å². The van der Waals surface area contributed by atoms with Gasteiger partial charge in [-0.25, -0.2) is 0 Å². The van der Waals surface area contributed by atoms with Crippen LogP contribution in [-0.2, 0) is 20.4 Å². The van der Waals surface area contributed by atoms with Gasteiger partial charge in [0.15, 0.2) is 0 Å². The monoisotopic (exact) mass is 616 g/mol. The van der Waals surface area contributed by atoms with Gasteiger partial charge >= 0.3 is 218 Å². The summed E-state index contributed by atoms with van der Waals surface area (Å²) in [6.07, 6.45) is 7.70. The van der Waals surface area contributed by atoms with Crippen LogP contribution in [0.5, 0.6) is 0 Å². The first-order valence-corrected chi connectivity index (χ1v) is 22.5. The van der Waals surface area contributed by atoms with Crippen molar-refractivity contribution in [2.24, 2.45) is 0 Å². The Morgan fingerprint density at radius 1 is 0.694 bits per heavy atom. The Hall–Kier alpha value is -0.400. The van der Waals surface area contributed by atoms with Gasteiger partial charge in [0.2, 0.25) is 0 Å². The Balaban J connectivity index is 0.00000228. The van der Waals surface area contributed by atoms with E-state index in [1.807, 2.05) is 0 Å². The Morgan fingerprint density at radius 3 is 1.33 bits per heavy atom. The van der Waals surface area contributed by atoms with Crippen molar-refractivity contribution in [3.63, 3.8) is 0 Å². The molecule has 2 aromatic rings. The third-order valence-electron chi connectivity index (χ3n) is 8.32. The molecule has 0 aromatic heterocycles. The average molecular weight is 619 g/mol. The molecule has 0 aliphatic heterocycles. The third kappa shape index (κ3) is 5.36. The molecule has 2 aromatic carbocycles. The molecule has 4 heteroatoms. The Labute approximate surface area is 241 Å². The maximum absolute atomic E-state index is 2.67. The molecule has 0 nitrogen and oxygen atoms in total. The van der Waals surface area contributed by atoms with Crippen LogP contribution in [0.15, 0.2) is 35.4 Å². The SMILES string of the molecule is CCC1=Cc2c(C(C)C)ccc(C)c2[CH]1[Zr+2]([CH]1C(CC)=Cc2c(C(C)C)ccc(C)c21)=[Si](C)C.[Cl-].[Cl-]. The fourth-order valence-electron chi connectivity index (χ4n) is 6.60. The smallest absolute Gasteiger partial charge is 1.00 e. The van der Waals surface area contributed by atoms with E-state index >= 15 is 0 Å². The van der Waals surface area contributed by atoms with E-state index in [2.05, 4.69) is 105 Å². The van der Waals surface area contributed by atoms with E-state index in [0.29, 0.717) is 11.8 Å². The van der Waals surface area contributed by atoms with Gasteiger partial charge in [-0.15, -0.1) is 0 Å². The summed E-state index contributed by atoms with van der Waals surface area (Å²) in [6, 6.07) is 9.71. The van der Waals surface area contributed by atoms with Crippen molar-refractivity contribution in [2.45, 2.75) is 100 Å². The van der Waals surface area contributed by atoms with Crippen molar-refractivity contribution >= 4 is 17.6 Å². The van der Waals surface area contributed by atoms with Gasteiger partial charge in [0, 0.05) is 0 Å². The molecule has 0 saturated carbocycles. The number of halogens is 2. The maximum atomic E-state index is 2.67. The van der Waals surface area contributed by atoms with Gasteiger partial charge in [0.1, 0.15) is 0 Å². The number of fused-ring (bicyclic) bond motifs is 2. The van der Waals surface area contributed by atoms with Crippen LogP contribution in [0.2, 0.25) is 13.1 Å². The molecule has 0 saturated heterocycles. The van der Waals surface area contributed by atoms with Crippen molar-refractivity contribution in [1.29, 1.82) is 0 Å². The van der Waals surface area contributed by atoms with E-state index < -0.39 is 25.8 Å². The van der Waals surface area contributed by atoms with E-state index in [9.17, 15) is 0 Å². The topological polar surface area (TPSA) is 0 Å². The van der Waals surface area contributed by atoms with Crippen LogP contribution in [0.3, 0.4) is 0 Å². The molecule has 2 aliphatic carbocycles. The van der Waals surface area contributed by atoms with Crippen molar-refractivity contribution in [3.8, 4) is 0 Å². The van der Waals surface area contributed by atoms with Crippen LogP contribution in [-0.4, -0.2) is 5.43 Å². The summed E-state index contributed by atoms with van der Waals surface area (Å²) in [7, 11) is 0. The van der Waals surface area contributed by atoms with Crippen LogP contribution in [0.4, 0.5) is 0 Å². The summed E-state index contributed by atoms with van der Waals surface area (Å²) in [5.41, 5.74) is 16.0. The largest absolute Gasteiger partial charge is 1.00 e. The van der Waals surface area contributed by atoms with Gasteiger partial charge in [-0.2, -0.15) is 0 Å². The molecular formula is C32H44Cl2SiZr. The first-order valence-electron chi connectivity index (χ1n) is 13.5. The minimum Gasteiger partial charge on any atom is -1.00 e. The molecule has 0 radical (unpaired) electrons. The summed E-state index contributed by atoms with van der Waals surface area (Å²) >= 11 is -2.02. The van der Waals surface area contributed by atoms with Gasteiger partial charge in [0.05, 0.1) is 0 Å². The maximum Gasteiger partial charge on any atom is -1.00 e. The Morgan fingerprint density at radius 2 is 1.06 bits per heavy atom. The zero-order valence-electron chi connectivity index (χ0n) is 23.9. The Bertz CT molecular complexity index is 1140.